The molecule has 0 aromatic heterocycles. The zero-order chi connectivity index (χ0) is 9.30. The Balaban J connectivity index is 3.21. The summed E-state index contributed by atoms with van der Waals surface area (Å²) in [4.78, 5) is 0. The summed E-state index contributed by atoms with van der Waals surface area (Å²) >= 11 is -3.63. The number of hydrogen-bond donors (Lipinski definition) is 0. The summed E-state index contributed by atoms with van der Waals surface area (Å²) in [5.41, 5.74) is 0. The fourth-order valence-electron chi connectivity index (χ4n) is 0.628. The van der Waals surface area contributed by atoms with Crippen LogP contribution in [0.2, 0.25) is 0 Å². The van der Waals surface area contributed by atoms with Gasteiger partial charge in [-0.15, -0.1) is 0 Å². The van der Waals surface area contributed by atoms with Gasteiger partial charge in [-0.25, -0.2) is 0 Å². The average Bonchev–Trinajstić information content (AvgIpc) is 1.99. The molecule has 0 amide bonds. The van der Waals surface area contributed by atoms with E-state index in [0.29, 0.717) is 12.1 Å². The van der Waals surface area contributed by atoms with Crippen LogP contribution in [0.3, 0.4) is 0 Å². The molecule has 0 fully saturated rings. The van der Waals surface area contributed by atoms with Crippen LogP contribution in [0.25, 0.3) is 0 Å². The van der Waals surface area contributed by atoms with Crippen LogP contribution in [0.15, 0.2) is 12.1 Å². The summed E-state index contributed by atoms with van der Waals surface area (Å²) < 4.78 is 56.9. The molecule has 1 aromatic carbocycles. The Morgan fingerprint density at radius 2 is 1.42 bits per heavy atom. The van der Waals surface area contributed by atoms with Crippen molar-refractivity contribution in [1.29, 1.82) is 0 Å². The minimum absolute atomic E-state index is 0.447. The molecule has 12 heavy (non-hydrogen) atoms. The zero-order valence-electron chi connectivity index (χ0n) is 5.51. The van der Waals surface area contributed by atoms with E-state index in [1.165, 1.54) is 0 Å². The molecule has 0 aliphatic rings. The molecule has 0 aliphatic carbocycles. The van der Waals surface area contributed by atoms with Crippen molar-refractivity contribution in [2.75, 3.05) is 0 Å². The third kappa shape index (κ3) is 1.78. The summed E-state index contributed by atoms with van der Waals surface area (Å²) in [5.74, 6) is -4.65. The van der Waals surface area contributed by atoms with Gasteiger partial charge in [-0.1, -0.05) is 0 Å². The van der Waals surface area contributed by atoms with E-state index in [-0.39, 0.29) is 0 Å². The standard InChI is InChI=1S/C6H3F3O2Se/c7-4-1-3(12(10)11)2-5(8)6(4)9/h1-2H,(H,10,11)/p-1. The predicted molar refractivity (Wildman–Crippen MR) is 31.7 cm³/mol. The van der Waals surface area contributed by atoms with E-state index in [0.717, 1.165) is 0 Å². The van der Waals surface area contributed by atoms with Gasteiger partial charge in [-0.2, -0.15) is 0 Å². The van der Waals surface area contributed by atoms with Crippen LogP contribution in [0.5, 0.6) is 0 Å². The third-order valence-corrected chi connectivity index (χ3v) is 2.45. The van der Waals surface area contributed by atoms with E-state index in [2.05, 4.69) is 0 Å². The van der Waals surface area contributed by atoms with E-state index in [1.54, 1.807) is 0 Å². The maximum atomic E-state index is 12.3. The number of benzene rings is 1. The predicted octanol–water partition coefficient (Wildman–Crippen LogP) is -1.48. The fourth-order valence-corrected chi connectivity index (χ4v) is 1.47. The monoisotopic (exact) mass is 243 g/mol. The molecule has 0 bridgehead atoms. The summed E-state index contributed by atoms with van der Waals surface area (Å²) in [5, 5.41) is 0. The van der Waals surface area contributed by atoms with Crippen LogP contribution < -0.4 is 12.8 Å². The quantitative estimate of drug-likeness (QED) is 0.445. The summed E-state index contributed by atoms with van der Waals surface area (Å²) in [6, 6.07) is 0.895. The van der Waals surface area contributed by atoms with Crippen molar-refractivity contribution in [3.8, 4) is 0 Å². The molecule has 0 spiro atoms. The van der Waals surface area contributed by atoms with Crippen molar-refractivity contribution < 1.29 is 21.5 Å². The maximum absolute atomic E-state index is 12.3. The molecule has 6 heteroatoms. The van der Waals surface area contributed by atoms with Gasteiger partial charge in [0.05, 0.1) is 0 Å². The SMILES string of the molecule is [O-][Se+]([O-])c1cc(F)c(F)c(F)c1. The van der Waals surface area contributed by atoms with Crippen LogP contribution in [0.4, 0.5) is 13.2 Å². The van der Waals surface area contributed by atoms with E-state index >= 15 is 0 Å². The molecule has 0 heterocycles. The first-order valence-electron chi connectivity index (χ1n) is 2.76. The number of hydrogen-bond acceptors (Lipinski definition) is 2. The third-order valence-electron chi connectivity index (χ3n) is 1.15. The normalized spacial score (nSPS) is 10.8. The average molecular weight is 242 g/mol. The zero-order valence-corrected chi connectivity index (χ0v) is 7.23. The topological polar surface area (TPSA) is 46.1 Å². The Morgan fingerprint density at radius 1 is 1.00 bits per heavy atom. The molecule has 1 rings (SSSR count). The molecule has 0 saturated carbocycles. The van der Waals surface area contributed by atoms with Crippen molar-refractivity contribution in [2.24, 2.45) is 0 Å². The molecular weight excluding hydrogens is 240 g/mol. The van der Waals surface area contributed by atoms with Crippen molar-refractivity contribution >= 4 is 19.0 Å². The molecule has 0 radical (unpaired) electrons. The van der Waals surface area contributed by atoms with Crippen molar-refractivity contribution in [2.45, 2.75) is 0 Å². The van der Waals surface area contributed by atoms with Crippen molar-refractivity contribution in [3.05, 3.63) is 29.6 Å². The van der Waals surface area contributed by atoms with Gasteiger partial charge < -0.3 is 0 Å². The van der Waals surface area contributed by atoms with Gasteiger partial charge in [0.15, 0.2) is 0 Å². The molecule has 0 atom stereocenters. The molecule has 1 aromatic rings. The van der Waals surface area contributed by atoms with Gasteiger partial charge in [0.1, 0.15) is 0 Å². The van der Waals surface area contributed by atoms with Crippen molar-refractivity contribution in [3.63, 3.8) is 0 Å². The Morgan fingerprint density at radius 3 is 1.75 bits per heavy atom. The van der Waals surface area contributed by atoms with E-state index in [9.17, 15) is 21.5 Å². The molecule has 2 nitrogen and oxygen atoms in total. The van der Waals surface area contributed by atoms with Gasteiger partial charge in [0.25, 0.3) is 0 Å². The first-order chi connectivity index (χ1) is 5.52. The molecule has 0 saturated heterocycles. The molecule has 0 aliphatic heterocycles. The number of halogens is 3. The Hall–Kier alpha value is -0.551. The van der Waals surface area contributed by atoms with E-state index in [4.69, 9.17) is 0 Å². The molecule has 0 N–H and O–H groups in total. The fraction of sp³-hybridized carbons (Fsp3) is 0. The molecule has 0 unspecified atom stereocenters. The molecular formula is C6H2F3O2Se-. The van der Waals surface area contributed by atoms with Crippen molar-refractivity contribution in [1.82, 2.24) is 0 Å². The van der Waals surface area contributed by atoms with Crippen LogP contribution >= 0.6 is 0 Å². The Kier molecular flexibility index (Phi) is 2.74. The Labute approximate surface area is 70.8 Å². The Bertz CT molecular complexity index is 280. The van der Waals surface area contributed by atoms with Gasteiger partial charge in [0.2, 0.25) is 0 Å². The first kappa shape index (κ1) is 9.54. The van der Waals surface area contributed by atoms with Crippen LogP contribution in [-0.2, 0) is 0 Å². The molecule has 66 valence electrons. The van der Waals surface area contributed by atoms with E-state index in [1.807, 2.05) is 0 Å². The first-order valence-corrected chi connectivity index (χ1v) is 5.01. The van der Waals surface area contributed by atoms with Gasteiger partial charge in [-0.3, -0.25) is 0 Å². The number of rotatable bonds is 1. The van der Waals surface area contributed by atoms with E-state index < -0.39 is 36.5 Å². The van der Waals surface area contributed by atoms with Gasteiger partial charge in [0, 0.05) is 0 Å². The van der Waals surface area contributed by atoms with Gasteiger partial charge >= 0.3 is 70.2 Å². The second-order valence-electron chi connectivity index (χ2n) is 1.94. The van der Waals surface area contributed by atoms with Crippen LogP contribution in [-0.4, -0.2) is 14.6 Å². The second kappa shape index (κ2) is 3.45. The summed E-state index contributed by atoms with van der Waals surface area (Å²) in [6.07, 6.45) is 0. The summed E-state index contributed by atoms with van der Waals surface area (Å²) in [6.45, 7) is 0. The second-order valence-corrected chi connectivity index (χ2v) is 3.91. The minimum atomic E-state index is -3.63. The summed E-state index contributed by atoms with van der Waals surface area (Å²) in [7, 11) is 0. The van der Waals surface area contributed by atoms with Gasteiger partial charge in [-0.05, 0) is 0 Å². The van der Waals surface area contributed by atoms with Crippen LogP contribution in [0, 0.1) is 17.5 Å². The van der Waals surface area contributed by atoms with Crippen LogP contribution in [0.1, 0.15) is 0 Å².